The Kier molecular flexibility index (Phi) is 5.86. The summed E-state index contributed by atoms with van der Waals surface area (Å²) in [6, 6.07) is 12.7. The number of hydrogen-bond acceptors (Lipinski definition) is 3. The van der Waals surface area contributed by atoms with E-state index in [4.69, 9.17) is 0 Å². The van der Waals surface area contributed by atoms with Crippen LogP contribution in [0.25, 0.3) is 0 Å². The number of rotatable bonds is 5. The van der Waals surface area contributed by atoms with Gasteiger partial charge in [0.25, 0.3) is 11.8 Å². The van der Waals surface area contributed by atoms with Crippen molar-refractivity contribution >= 4 is 23.2 Å². The summed E-state index contributed by atoms with van der Waals surface area (Å²) in [5, 5.41) is 4.37. The molecule has 26 heavy (non-hydrogen) atoms. The fourth-order valence-electron chi connectivity index (χ4n) is 2.19. The van der Waals surface area contributed by atoms with Gasteiger partial charge >= 0.3 is 6.18 Å². The number of carbonyl (C=O) groups excluding carboxylic acids is 2. The zero-order chi connectivity index (χ0) is 19.3. The number of amides is 2. The van der Waals surface area contributed by atoms with E-state index in [-0.39, 0.29) is 11.3 Å². The summed E-state index contributed by atoms with van der Waals surface area (Å²) < 4.78 is 36.8. The van der Waals surface area contributed by atoms with E-state index in [9.17, 15) is 22.8 Å². The lowest BCUT2D eigenvalue weighted by atomic mass is 10.1. The van der Waals surface area contributed by atoms with Gasteiger partial charge in [0.1, 0.15) is 6.54 Å². The molecule has 2 aromatic carbocycles. The van der Waals surface area contributed by atoms with Crippen molar-refractivity contribution in [1.29, 1.82) is 0 Å². The Balaban J connectivity index is 2.18. The molecule has 2 N–H and O–H groups in total. The molecule has 0 heterocycles. The predicted molar refractivity (Wildman–Crippen MR) is 93.6 cm³/mol. The van der Waals surface area contributed by atoms with Crippen LogP contribution in [0, 0.1) is 0 Å². The second-order valence-corrected chi connectivity index (χ2v) is 5.74. The van der Waals surface area contributed by atoms with Crippen molar-refractivity contribution in [2.45, 2.75) is 6.18 Å². The molecular weight excluding hydrogens is 347 g/mol. The van der Waals surface area contributed by atoms with Gasteiger partial charge in [-0.05, 0) is 30.3 Å². The van der Waals surface area contributed by atoms with Crippen molar-refractivity contribution in [3.05, 3.63) is 59.7 Å². The number of halogens is 3. The third kappa shape index (κ3) is 5.23. The van der Waals surface area contributed by atoms with Crippen LogP contribution in [0.4, 0.5) is 24.5 Å². The van der Waals surface area contributed by atoms with Gasteiger partial charge in [0.2, 0.25) is 0 Å². The van der Waals surface area contributed by atoms with Gasteiger partial charge in [0.05, 0.1) is 11.3 Å². The SMILES string of the molecule is CN(C)c1cccc(C(=O)Nc2ccccc2C(=O)NCC(F)(F)F)c1. The normalized spacial score (nSPS) is 11.0. The second kappa shape index (κ2) is 7.90. The molecule has 0 atom stereocenters. The molecule has 5 nitrogen and oxygen atoms in total. The molecule has 0 aromatic heterocycles. The molecule has 0 aliphatic heterocycles. The zero-order valence-corrected chi connectivity index (χ0v) is 14.2. The largest absolute Gasteiger partial charge is 0.405 e. The topological polar surface area (TPSA) is 61.4 Å². The van der Waals surface area contributed by atoms with Crippen LogP contribution in [0.5, 0.6) is 0 Å². The lowest BCUT2D eigenvalue weighted by Gasteiger charge is -2.15. The molecule has 0 radical (unpaired) electrons. The highest BCUT2D eigenvalue weighted by atomic mass is 19.4. The molecule has 0 fully saturated rings. The molecule has 0 unspecified atom stereocenters. The van der Waals surface area contributed by atoms with Crippen molar-refractivity contribution in [3.8, 4) is 0 Å². The first kappa shape index (κ1) is 19.3. The Bertz CT molecular complexity index is 804. The van der Waals surface area contributed by atoms with Gasteiger partial charge in [-0.1, -0.05) is 18.2 Å². The van der Waals surface area contributed by atoms with Gasteiger partial charge in [0, 0.05) is 25.3 Å². The highest BCUT2D eigenvalue weighted by Crippen LogP contribution is 2.19. The Hall–Kier alpha value is -3.03. The van der Waals surface area contributed by atoms with Crippen LogP contribution in [-0.4, -0.2) is 38.6 Å². The fourth-order valence-corrected chi connectivity index (χ4v) is 2.19. The molecule has 138 valence electrons. The van der Waals surface area contributed by atoms with Crippen LogP contribution < -0.4 is 15.5 Å². The van der Waals surface area contributed by atoms with E-state index in [1.165, 1.54) is 18.2 Å². The fraction of sp³-hybridized carbons (Fsp3) is 0.222. The van der Waals surface area contributed by atoms with Crippen LogP contribution in [0.3, 0.4) is 0 Å². The van der Waals surface area contributed by atoms with E-state index in [1.54, 1.807) is 29.6 Å². The summed E-state index contributed by atoms with van der Waals surface area (Å²) >= 11 is 0. The molecule has 2 rings (SSSR count). The summed E-state index contributed by atoms with van der Waals surface area (Å²) in [4.78, 5) is 26.3. The van der Waals surface area contributed by atoms with Gasteiger partial charge < -0.3 is 15.5 Å². The Labute approximate surface area is 148 Å². The van der Waals surface area contributed by atoms with Gasteiger partial charge in [-0.2, -0.15) is 13.2 Å². The molecule has 0 bridgehead atoms. The molecule has 0 saturated carbocycles. The van der Waals surface area contributed by atoms with Gasteiger partial charge in [-0.3, -0.25) is 9.59 Å². The number of hydrogen-bond donors (Lipinski definition) is 2. The van der Waals surface area contributed by atoms with Crippen LogP contribution >= 0.6 is 0 Å². The minimum absolute atomic E-state index is 0.0473. The summed E-state index contributed by atoms with van der Waals surface area (Å²) in [7, 11) is 3.66. The Morgan fingerprint density at radius 3 is 2.35 bits per heavy atom. The lowest BCUT2D eigenvalue weighted by molar-refractivity contribution is -0.123. The first-order valence-corrected chi connectivity index (χ1v) is 7.70. The van der Waals surface area contributed by atoms with Crippen molar-refractivity contribution in [2.75, 3.05) is 30.9 Å². The highest BCUT2D eigenvalue weighted by molar-refractivity contribution is 6.09. The maximum absolute atomic E-state index is 12.4. The Morgan fingerprint density at radius 2 is 1.69 bits per heavy atom. The van der Waals surface area contributed by atoms with Crippen molar-refractivity contribution in [2.24, 2.45) is 0 Å². The standard InChI is InChI=1S/C18H18F3N3O2/c1-24(2)13-7-5-6-12(10-13)16(25)23-15-9-4-3-8-14(15)17(26)22-11-18(19,20)21/h3-10H,11H2,1-2H3,(H,22,26)(H,23,25). The average molecular weight is 365 g/mol. The number of anilines is 2. The quantitative estimate of drug-likeness (QED) is 0.855. The van der Waals surface area contributed by atoms with E-state index in [2.05, 4.69) is 5.32 Å². The van der Waals surface area contributed by atoms with Gasteiger partial charge in [0.15, 0.2) is 0 Å². The lowest BCUT2D eigenvalue weighted by Crippen LogP contribution is -2.34. The molecule has 0 spiro atoms. The maximum Gasteiger partial charge on any atom is 0.405 e. The molecule has 0 saturated heterocycles. The van der Waals surface area contributed by atoms with Gasteiger partial charge in [-0.25, -0.2) is 0 Å². The predicted octanol–water partition coefficient (Wildman–Crippen LogP) is 3.30. The van der Waals surface area contributed by atoms with Gasteiger partial charge in [-0.15, -0.1) is 0 Å². The molecule has 0 aliphatic rings. The van der Waals surface area contributed by atoms with E-state index < -0.39 is 24.5 Å². The summed E-state index contributed by atoms with van der Waals surface area (Å²) in [5.74, 6) is -1.38. The van der Waals surface area contributed by atoms with E-state index in [1.807, 2.05) is 25.1 Å². The number of alkyl halides is 3. The monoisotopic (exact) mass is 365 g/mol. The third-order valence-corrected chi connectivity index (χ3v) is 3.49. The number of nitrogens with one attached hydrogen (secondary N) is 2. The van der Waals surface area contributed by atoms with Crippen LogP contribution in [0.2, 0.25) is 0 Å². The zero-order valence-electron chi connectivity index (χ0n) is 14.2. The first-order chi connectivity index (χ1) is 12.2. The van der Waals surface area contributed by atoms with Crippen molar-refractivity contribution < 1.29 is 22.8 Å². The minimum Gasteiger partial charge on any atom is -0.378 e. The highest BCUT2D eigenvalue weighted by Gasteiger charge is 2.28. The summed E-state index contributed by atoms with van der Waals surface area (Å²) in [5.41, 5.74) is 1.26. The van der Waals surface area contributed by atoms with Crippen molar-refractivity contribution in [3.63, 3.8) is 0 Å². The van der Waals surface area contributed by atoms with E-state index in [0.29, 0.717) is 5.56 Å². The molecule has 8 heteroatoms. The number of para-hydroxylation sites is 1. The van der Waals surface area contributed by atoms with Crippen LogP contribution in [0.1, 0.15) is 20.7 Å². The summed E-state index contributed by atoms with van der Waals surface area (Å²) in [6.07, 6.45) is -4.51. The third-order valence-electron chi connectivity index (χ3n) is 3.49. The smallest absolute Gasteiger partial charge is 0.378 e. The maximum atomic E-state index is 12.4. The number of nitrogens with zero attached hydrogens (tertiary/aromatic N) is 1. The first-order valence-electron chi connectivity index (χ1n) is 7.70. The molecule has 2 aromatic rings. The molecule has 0 aliphatic carbocycles. The number of benzene rings is 2. The van der Waals surface area contributed by atoms with Crippen LogP contribution in [-0.2, 0) is 0 Å². The molecular formula is C18H18F3N3O2. The minimum atomic E-state index is -4.51. The van der Waals surface area contributed by atoms with E-state index in [0.717, 1.165) is 5.69 Å². The van der Waals surface area contributed by atoms with E-state index >= 15 is 0 Å². The van der Waals surface area contributed by atoms with Crippen molar-refractivity contribution in [1.82, 2.24) is 5.32 Å². The molecule has 2 amide bonds. The summed E-state index contributed by atoms with van der Waals surface area (Å²) in [6.45, 7) is -1.45. The average Bonchev–Trinajstić information content (AvgIpc) is 2.59. The Morgan fingerprint density at radius 1 is 1.00 bits per heavy atom. The number of carbonyl (C=O) groups is 2. The second-order valence-electron chi connectivity index (χ2n) is 5.74. The van der Waals surface area contributed by atoms with Crippen LogP contribution in [0.15, 0.2) is 48.5 Å².